The fourth-order valence-corrected chi connectivity index (χ4v) is 2.11. The Labute approximate surface area is 123 Å². The topological polar surface area (TPSA) is 64.4 Å². The van der Waals surface area contributed by atoms with Crippen molar-refractivity contribution >= 4 is 5.97 Å². The highest BCUT2D eigenvalue weighted by Crippen LogP contribution is 2.35. The molecule has 1 N–H and O–H groups in total. The number of carbonyl (C=O) groups is 1. The zero-order valence-electron chi connectivity index (χ0n) is 11.8. The first-order valence-electron chi connectivity index (χ1n) is 6.28. The molecule has 0 saturated heterocycles. The van der Waals surface area contributed by atoms with Crippen LogP contribution in [0.25, 0.3) is 5.69 Å². The molecule has 0 aliphatic rings. The van der Waals surface area contributed by atoms with Gasteiger partial charge in [0.1, 0.15) is 5.56 Å². The molecule has 5 nitrogen and oxygen atoms in total. The van der Waals surface area contributed by atoms with Gasteiger partial charge in [-0.15, -0.1) is 0 Å². The summed E-state index contributed by atoms with van der Waals surface area (Å²) in [5.74, 6) is -1.68. The molecule has 0 amide bonds. The third kappa shape index (κ3) is 2.82. The number of alkyl halides is 3. The van der Waals surface area contributed by atoms with Crippen LogP contribution in [0.5, 0.6) is 0 Å². The maximum atomic E-state index is 13.2. The van der Waals surface area contributed by atoms with Crippen LogP contribution >= 0.6 is 0 Å². The lowest BCUT2D eigenvalue weighted by atomic mass is 10.1. The van der Waals surface area contributed by atoms with Crippen LogP contribution in [0.4, 0.5) is 13.2 Å². The van der Waals surface area contributed by atoms with Crippen molar-refractivity contribution in [3.05, 3.63) is 47.3 Å². The maximum Gasteiger partial charge on any atom is 0.434 e. The van der Waals surface area contributed by atoms with Crippen LogP contribution in [0.2, 0.25) is 0 Å². The average Bonchev–Trinajstić information content (AvgIpc) is 2.91. The number of ether oxygens (including phenoxy) is 1. The van der Waals surface area contributed by atoms with E-state index < -0.39 is 29.5 Å². The molecule has 0 fully saturated rings. The van der Waals surface area contributed by atoms with E-state index in [1.807, 2.05) is 0 Å². The summed E-state index contributed by atoms with van der Waals surface area (Å²) < 4.78 is 45.5. The molecule has 1 heterocycles. The first-order valence-corrected chi connectivity index (χ1v) is 6.28. The lowest BCUT2D eigenvalue weighted by Crippen LogP contribution is -2.18. The number of nitrogens with zero attached hydrogens (tertiary/aromatic N) is 2. The molecule has 0 spiro atoms. The number of hydrogen-bond donors (Lipinski definition) is 1. The largest absolute Gasteiger partial charge is 0.478 e. The SMILES string of the molecule is COC(C)c1ccccc1-n1ncc(C(=O)O)c1C(F)(F)F. The summed E-state index contributed by atoms with van der Waals surface area (Å²) in [6.45, 7) is 1.67. The molecule has 0 bridgehead atoms. The third-order valence-electron chi connectivity index (χ3n) is 3.22. The Hall–Kier alpha value is -2.35. The van der Waals surface area contributed by atoms with Crippen LogP contribution in [0.1, 0.15) is 34.6 Å². The molecule has 0 saturated carbocycles. The van der Waals surface area contributed by atoms with E-state index >= 15 is 0 Å². The summed E-state index contributed by atoms with van der Waals surface area (Å²) in [7, 11) is 1.43. The number of para-hydroxylation sites is 1. The van der Waals surface area contributed by atoms with Crippen molar-refractivity contribution in [1.82, 2.24) is 9.78 Å². The Morgan fingerprint density at radius 2 is 2.00 bits per heavy atom. The fraction of sp³-hybridized carbons (Fsp3) is 0.286. The van der Waals surface area contributed by atoms with E-state index in [0.29, 0.717) is 16.4 Å². The van der Waals surface area contributed by atoms with Gasteiger partial charge in [0.15, 0.2) is 5.69 Å². The molecule has 1 aromatic carbocycles. The van der Waals surface area contributed by atoms with E-state index in [1.165, 1.54) is 13.2 Å². The second kappa shape index (κ2) is 5.80. The molecule has 118 valence electrons. The average molecular weight is 314 g/mol. The highest BCUT2D eigenvalue weighted by molar-refractivity contribution is 5.89. The minimum atomic E-state index is -4.85. The van der Waals surface area contributed by atoms with Gasteiger partial charge in [0.25, 0.3) is 0 Å². The van der Waals surface area contributed by atoms with E-state index in [0.717, 1.165) is 0 Å². The molecular formula is C14H13F3N2O3. The van der Waals surface area contributed by atoms with Crippen LogP contribution in [-0.4, -0.2) is 28.0 Å². The van der Waals surface area contributed by atoms with Crippen LogP contribution in [-0.2, 0) is 10.9 Å². The molecule has 0 aliphatic heterocycles. The Kier molecular flexibility index (Phi) is 4.23. The molecule has 2 rings (SSSR count). The zero-order chi connectivity index (χ0) is 16.5. The number of methoxy groups -OCH3 is 1. The van der Waals surface area contributed by atoms with Crippen LogP contribution < -0.4 is 0 Å². The molecular weight excluding hydrogens is 301 g/mol. The highest BCUT2D eigenvalue weighted by Gasteiger charge is 2.41. The number of rotatable bonds is 4. The molecule has 2 aromatic rings. The number of aromatic nitrogens is 2. The van der Waals surface area contributed by atoms with Crippen molar-refractivity contribution in [3.8, 4) is 5.69 Å². The van der Waals surface area contributed by atoms with E-state index in [1.54, 1.807) is 25.1 Å². The summed E-state index contributed by atoms with van der Waals surface area (Å²) in [4.78, 5) is 11.0. The minimum absolute atomic E-state index is 0.122. The molecule has 1 aromatic heterocycles. The van der Waals surface area contributed by atoms with Crippen molar-refractivity contribution < 1.29 is 27.8 Å². The molecule has 1 unspecified atom stereocenters. The summed E-state index contributed by atoms with van der Waals surface area (Å²) in [6.07, 6.45) is -4.64. The van der Waals surface area contributed by atoms with Gasteiger partial charge in [-0.2, -0.15) is 18.3 Å². The summed E-state index contributed by atoms with van der Waals surface area (Å²) in [5.41, 5.74) is -1.63. The van der Waals surface area contributed by atoms with E-state index in [-0.39, 0.29) is 5.69 Å². The number of aromatic carboxylic acids is 1. The maximum absolute atomic E-state index is 13.2. The number of hydrogen-bond acceptors (Lipinski definition) is 3. The summed E-state index contributed by atoms with van der Waals surface area (Å²) in [6, 6.07) is 6.23. The Bertz CT molecular complexity index is 695. The van der Waals surface area contributed by atoms with Gasteiger partial charge in [0.05, 0.1) is 18.0 Å². The standard InChI is InChI=1S/C14H13F3N2O3/c1-8(22-2)9-5-3-4-6-11(9)19-12(14(15,16)17)10(7-18-19)13(20)21/h3-8H,1-2H3,(H,20,21). The van der Waals surface area contributed by atoms with Crippen LogP contribution in [0, 0.1) is 0 Å². The van der Waals surface area contributed by atoms with Crippen molar-refractivity contribution in [3.63, 3.8) is 0 Å². The van der Waals surface area contributed by atoms with E-state index in [4.69, 9.17) is 9.84 Å². The van der Waals surface area contributed by atoms with Gasteiger partial charge in [-0.25, -0.2) is 9.48 Å². The van der Waals surface area contributed by atoms with Gasteiger partial charge in [-0.3, -0.25) is 0 Å². The smallest absolute Gasteiger partial charge is 0.434 e. The van der Waals surface area contributed by atoms with Gasteiger partial charge in [0, 0.05) is 12.7 Å². The normalized spacial score (nSPS) is 13.1. The number of carboxylic acids is 1. The zero-order valence-corrected chi connectivity index (χ0v) is 11.8. The van der Waals surface area contributed by atoms with E-state index in [9.17, 15) is 18.0 Å². The molecule has 0 aliphatic carbocycles. The fourth-order valence-electron chi connectivity index (χ4n) is 2.11. The third-order valence-corrected chi connectivity index (χ3v) is 3.22. The minimum Gasteiger partial charge on any atom is -0.478 e. The number of carboxylic acid groups (broad SMARTS) is 1. The van der Waals surface area contributed by atoms with Crippen LogP contribution in [0.3, 0.4) is 0 Å². The first-order chi connectivity index (χ1) is 10.3. The second-order valence-corrected chi connectivity index (χ2v) is 4.56. The van der Waals surface area contributed by atoms with Gasteiger partial charge < -0.3 is 9.84 Å². The monoisotopic (exact) mass is 314 g/mol. The predicted octanol–water partition coefficient (Wildman–Crippen LogP) is 3.30. The van der Waals surface area contributed by atoms with Gasteiger partial charge in [-0.1, -0.05) is 18.2 Å². The lowest BCUT2D eigenvalue weighted by molar-refractivity contribution is -0.143. The van der Waals surface area contributed by atoms with Gasteiger partial charge >= 0.3 is 12.1 Å². The summed E-state index contributed by atoms with van der Waals surface area (Å²) >= 11 is 0. The highest BCUT2D eigenvalue weighted by atomic mass is 19.4. The Balaban J connectivity index is 2.72. The van der Waals surface area contributed by atoms with Crippen molar-refractivity contribution in [2.45, 2.75) is 19.2 Å². The predicted molar refractivity (Wildman–Crippen MR) is 70.9 cm³/mol. The quantitative estimate of drug-likeness (QED) is 0.940. The lowest BCUT2D eigenvalue weighted by Gasteiger charge is -2.18. The first kappa shape index (κ1) is 16.0. The van der Waals surface area contributed by atoms with E-state index in [2.05, 4.69) is 5.10 Å². The second-order valence-electron chi connectivity index (χ2n) is 4.56. The van der Waals surface area contributed by atoms with Crippen molar-refractivity contribution in [1.29, 1.82) is 0 Å². The van der Waals surface area contributed by atoms with Crippen molar-refractivity contribution in [2.75, 3.05) is 7.11 Å². The van der Waals surface area contributed by atoms with Crippen LogP contribution in [0.15, 0.2) is 30.5 Å². The molecule has 22 heavy (non-hydrogen) atoms. The Morgan fingerprint density at radius 3 is 2.55 bits per heavy atom. The molecule has 1 atom stereocenters. The van der Waals surface area contributed by atoms with Crippen molar-refractivity contribution in [2.24, 2.45) is 0 Å². The number of benzene rings is 1. The molecule has 8 heteroatoms. The van der Waals surface area contributed by atoms with Gasteiger partial charge in [-0.05, 0) is 13.0 Å². The van der Waals surface area contributed by atoms with Gasteiger partial charge in [0.2, 0.25) is 0 Å². The molecule has 0 radical (unpaired) electrons. The number of halogens is 3. The summed E-state index contributed by atoms with van der Waals surface area (Å²) in [5, 5.41) is 12.5. The Morgan fingerprint density at radius 1 is 1.36 bits per heavy atom.